The van der Waals surface area contributed by atoms with Crippen LogP contribution in [-0.2, 0) is 4.79 Å². The number of hydrazone groups is 1. The Kier molecular flexibility index (Phi) is 7.50. The Morgan fingerprint density at radius 1 is 1.05 bits per heavy atom. The molecule has 0 fully saturated rings. The Bertz CT molecular complexity index is 1470. The fourth-order valence-electron chi connectivity index (χ4n) is 3.79. The lowest BCUT2D eigenvalue weighted by atomic mass is 10.1. The number of methoxy groups -OCH3 is 1. The number of aliphatic imine (C=N–C) groups is 1. The second-order valence-electron chi connectivity index (χ2n) is 8.44. The molecule has 1 N–H and O–H groups in total. The monoisotopic (exact) mass is 527 g/mol. The first-order chi connectivity index (χ1) is 18.5. The average molecular weight is 528 g/mol. The molecule has 3 heterocycles. The molecule has 38 heavy (non-hydrogen) atoms. The number of hydrogen-bond donors (Lipinski definition) is 1. The number of pyridine rings is 1. The lowest BCUT2D eigenvalue weighted by Gasteiger charge is -2.20. The molecule has 0 saturated carbocycles. The van der Waals surface area contributed by atoms with Gasteiger partial charge in [-0.3, -0.25) is 15.2 Å². The number of carbonyl (C=O) groups excluding carboxylic acids is 1. The van der Waals surface area contributed by atoms with Crippen molar-refractivity contribution in [2.24, 2.45) is 10.1 Å². The predicted octanol–water partition coefficient (Wildman–Crippen LogP) is 4.91. The van der Waals surface area contributed by atoms with Crippen LogP contribution in [0.25, 0.3) is 6.08 Å². The third kappa shape index (κ3) is 5.60. The zero-order chi connectivity index (χ0) is 26.5. The van der Waals surface area contributed by atoms with Crippen LogP contribution in [0.1, 0.15) is 23.1 Å². The van der Waals surface area contributed by atoms with Crippen molar-refractivity contribution in [3.8, 4) is 17.2 Å². The molecule has 9 nitrogen and oxygen atoms in total. The summed E-state index contributed by atoms with van der Waals surface area (Å²) in [4.78, 5) is 21.0. The number of nitrogens with zero attached hydrogens (tertiary/aromatic N) is 4. The standard InChI is InChI=1S/C28H25N5O4S/c1-18-6-3-8-21(14-18)36-12-5-13-37-23-10-9-19(16-24(23)35-2)15-22-25(29)33-28(31-26(22)34)38-27(32-33)20-7-4-11-30-17-20/h3-4,6-11,14-17,29H,5,12-13H2,1-2H3. The molecule has 0 radical (unpaired) electrons. The Balaban J connectivity index is 1.24. The minimum atomic E-state index is -0.496. The van der Waals surface area contributed by atoms with Crippen molar-refractivity contribution in [3.63, 3.8) is 0 Å². The van der Waals surface area contributed by atoms with E-state index in [9.17, 15) is 4.79 Å². The molecule has 5 rings (SSSR count). The van der Waals surface area contributed by atoms with Crippen LogP contribution in [0.5, 0.6) is 17.2 Å². The van der Waals surface area contributed by atoms with Crippen LogP contribution < -0.4 is 14.2 Å². The molecule has 2 aromatic carbocycles. The van der Waals surface area contributed by atoms with Gasteiger partial charge in [0, 0.05) is 24.4 Å². The van der Waals surface area contributed by atoms with Gasteiger partial charge in [0.05, 0.1) is 25.9 Å². The molecular formula is C28H25N5O4S. The molecular weight excluding hydrogens is 502 g/mol. The number of carbonyl (C=O) groups is 1. The van der Waals surface area contributed by atoms with Crippen molar-refractivity contribution in [1.29, 1.82) is 5.41 Å². The molecule has 0 bridgehead atoms. The summed E-state index contributed by atoms with van der Waals surface area (Å²) >= 11 is 1.23. The van der Waals surface area contributed by atoms with E-state index in [0.717, 1.165) is 16.9 Å². The van der Waals surface area contributed by atoms with E-state index < -0.39 is 5.91 Å². The van der Waals surface area contributed by atoms with Gasteiger partial charge in [-0.1, -0.05) is 18.2 Å². The van der Waals surface area contributed by atoms with Crippen LogP contribution in [0.15, 0.2) is 82.7 Å². The largest absolute Gasteiger partial charge is 0.493 e. The molecule has 2 aliphatic rings. The number of rotatable bonds is 9. The summed E-state index contributed by atoms with van der Waals surface area (Å²) in [6.45, 7) is 3.01. The summed E-state index contributed by atoms with van der Waals surface area (Å²) in [6.07, 6.45) is 5.66. The van der Waals surface area contributed by atoms with E-state index in [2.05, 4.69) is 15.1 Å². The fourth-order valence-corrected chi connectivity index (χ4v) is 4.68. The van der Waals surface area contributed by atoms with Crippen LogP contribution in [0.2, 0.25) is 0 Å². The maximum Gasteiger partial charge on any atom is 0.283 e. The van der Waals surface area contributed by atoms with Gasteiger partial charge in [-0.2, -0.15) is 15.1 Å². The van der Waals surface area contributed by atoms with E-state index in [0.29, 0.717) is 46.9 Å². The lowest BCUT2D eigenvalue weighted by Crippen LogP contribution is -2.35. The topological polar surface area (TPSA) is 109 Å². The molecule has 0 aliphatic carbocycles. The minimum Gasteiger partial charge on any atom is -0.493 e. The average Bonchev–Trinajstić information content (AvgIpc) is 3.36. The van der Waals surface area contributed by atoms with Crippen LogP contribution in [0.3, 0.4) is 0 Å². The van der Waals surface area contributed by atoms with Crippen LogP contribution >= 0.6 is 11.8 Å². The Hall–Kier alpha value is -4.44. The van der Waals surface area contributed by atoms with Crippen molar-refractivity contribution >= 4 is 39.8 Å². The van der Waals surface area contributed by atoms with Gasteiger partial charge < -0.3 is 14.2 Å². The third-order valence-corrected chi connectivity index (χ3v) is 6.62. The fraction of sp³-hybridized carbons (Fsp3) is 0.179. The highest BCUT2D eigenvalue weighted by Gasteiger charge is 2.36. The highest BCUT2D eigenvalue weighted by atomic mass is 32.2. The van der Waals surface area contributed by atoms with E-state index in [1.165, 1.54) is 16.8 Å². The first kappa shape index (κ1) is 25.2. The number of amidine groups is 2. The number of aryl methyl sites for hydroxylation is 1. The number of hydrogen-bond acceptors (Lipinski definition) is 8. The van der Waals surface area contributed by atoms with Gasteiger partial charge in [-0.15, -0.1) is 0 Å². The van der Waals surface area contributed by atoms with Crippen LogP contribution in [0, 0.1) is 12.3 Å². The SMILES string of the molecule is COc1cc(C=C2C(=N)N3N=C(c4cccnc4)SC3=NC2=O)ccc1OCCCOc1cccc(C)c1. The Morgan fingerprint density at radius 3 is 2.71 bits per heavy atom. The van der Waals surface area contributed by atoms with E-state index in [1.807, 2.05) is 37.3 Å². The van der Waals surface area contributed by atoms with E-state index in [4.69, 9.17) is 19.6 Å². The summed E-state index contributed by atoms with van der Waals surface area (Å²) in [5.41, 5.74) is 2.75. The number of ether oxygens (including phenoxy) is 3. The zero-order valence-corrected chi connectivity index (χ0v) is 21.7. The predicted molar refractivity (Wildman–Crippen MR) is 148 cm³/mol. The van der Waals surface area contributed by atoms with Gasteiger partial charge in [-0.25, -0.2) is 0 Å². The highest BCUT2D eigenvalue weighted by molar-refractivity contribution is 8.27. The van der Waals surface area contributed by atoms with E-state index in [1.54, 1.807) is 49.8 Å². The van der Waals surface area contributed by atoms with Crippen molar-refractivity contribution in [2.45, 2.75) is 13.3 Å². The van der Waals surface area contributed by atoms with E-state index in [-0.39, 0.29) is 11.4 Å². The van der Waals surface area contributed by atoms with Crippen LogP contribution in [0.4, 0.5) is 0 Å². The highest BCUT2D eigenvalue weighted by Crippen LogP contribution is 2.32. The van der Waals surface area contributed by atoms with Gasteiger partial charge >= 0.3 is 0 Å². The summed E-state index contributed by atoms with van der Waals surface area (Å²) in [5, 5.41) is 15.4. The maximum absolute atomic E-state index is 12.8. The minimum absolute atomic E-state index is 0.0423. The third-order valence-electron chi connectivity index (χ3n) is 5.67. The lowest BCUT2D eigenvalue weighted by molar-refractivity contribution is -0.114. The summed E-state index contributed by atoms with van der Waals surface area (Å²) in [5.74, 6) is 1.40. The number of amides is 1. The van der Waals surface area contributed by atoms with Crippen molar-refractivity contribution in [3.05, 3.63) is 89.3 Å². The smallest absolute Gasteiger partial charge is 0.283 e. The van der Waals surface area contributed by atoms with Crippen molar-refractivity contribution in [2.75, 3.05) is 20.3 Å². The molecule has 0 spiro atoms. The molecule has 1 aromatic heterocycles. The maximum atomic E-state index is 12.8. The molecule has 10 heteroatoms. The molecule has 0 unspecified atom stereocenters. The van der Waals surface area contributed by atoms with Crippen LogP contribution in [-0.4, -0.2) is 52.3 Å². The molecule has 2 aliphatic heterocycles. The Morgan fingerprint density at radius 2 is 1.92 bits per heavy atom. The summed E-state index contributed by atoms with van der Waals surface area (Å²) in [6, 6.07) is 16.9. The number of thioether (sulfide) groups is 1. The second kappa shape index (κ2) is 11.3. The second-order valence-corrected chi connectivity index (χ2v) is 9.40. The Labute approximate surface area is 224 Å². The number of nitrogens with one attached hydrogen (secondary N) is 1. The first-order valence-electron chi connectivity index (χ1n) is 11.9. The van der Waals surface area contributed by atoms with Crippen molar-refractivity contribution < 1.29 is 19.0 Å². The van der Waals surface area contributed by atoms with Gasteiger partial charge in [0.2, 0.25) is 5.17 Å². The number of benzene rings is 2. The van der Waals surface area contributed by atoms with Gasteiger partial charge in [-0.05, 0) is 72.3 Å². The van der Waals surface area contributed by atoms with E-state index >= 15 is 0 Å². The summed E-state index contributed by atoms with van der Waals surface area (Å²) < 4.78 is 17.2. The molecule has 0 atom stereocenters. The van der Waals surface area contributed by atoms with Gasteiger partial charge in [0.15, 0.2) is 17.3 Å². The number of fused-ring (bicyclic) bond motifs is 1. The normalized spacial score (nSPS) is 15.7. The van der Waals surface area contributed by atoms with Gasteiger partial charge in [0.1, 0.15) is 10.8 Å². The van der Waals surface area contributed by atoms with Crippen molar-refractivity contribution in [1.82, 2.24) is 9.99 Å². The molecule has 0 saturated heterocycles. The zero-order valence-electron chi connectivity index (χ0n) is 20.9. The molecule has 1 amide bonds. The molecule has 3 aromatic rings. The quantitative estimate of drug-likeness (QED) is 0.311. The summed E-state index contributed by atoms with van der Waals surface area (Å²) in [7, 11) is 1.56. The first-order valence-corrected chi connectivity index (χ1v) is 12.7. The molecule has 192 valence electrons. The van der Waals surface area contributed by atoms with Gasteiger partial charge in [0.25, 0.3) is 5.91 Å². The number of aromatic nitrogens is 1.